The molecule has 0 spiro atoms. The molecule has 1 aromatic heterocycles. The highest BCUT2D eigenvalue weighted by Gasteiger charge is 2.29. The summed E-state index contributed by atoms with van der Waals surface area (Å²) in [5, 5.41) is 0.796. The van der Waals surface area contributed by atoms with E-state index in [9.17, 15) is 14.4 Å². The predicted molar refractivity (Wildman–Crippen MR) is 103 cm³/mol. The average Bonchev–Trinajstić information content (AvgIpc) is 2.64. The second-order valence-corrected chi connectivity index (χ2v) is 7.29. The molecule has 0 unspecified atom stereocenters. The minimum atomic E-state index is -0.628. The average molecular weight is 387 g/mol. The molecule has 0 aliphatic carbocycles. The molecular formula is C21H25NO6. The summed E-state index contributed by atoms with van der Waals surface area (Å²) >= 11 is 0. The number of amides is 1. The lowest BCUT2D eigenvalue weighted by atomic mass is 9.97. The second-order valence-electron chi connectivity index (χ2n) is 7.29. The van der Waals surface area contributed by atoms with Crippen molar-refractivity contribution in [2.75, 3.05) is 13.2 Å². The summed E-state index contributed by atoms with van der Waals surface area (Å²) in [6, 6.07) is 6.73. The van der Waals surface area contributed by atoms with Gasteiger partial charge in [-0.3, -0.25) is 4.79 Å². The quantitative estimate of drug-likeness (QED) is 0.579. The number of fused-ring (bicyclic) bond motifs is 1. The lowest BCUT2D eigenvalue weighted by Gasteiger charge is -2.38. The molecule has 28 heavy (non-hydrogen) atoms. The molecule has 150 valence electrons. The topological polar surface area (TPSA) is 86.0 Å². The van der Waals surface area contributed by atoms with Crippen molar-refractivity contribution in [1.82, 2.24) is 4.90 Å². The van der Waals surface area contributed by atoms with Gasteiger partial charge in [-0.1, -0.05) is 0 Å². The maximum atomic E-state index is 12.4. The van der Waals surface area contributed by atoms with Crippen LogP contribution in [0.25, 0.3) is 11.0 Å². The molecule has 7 nitrogen and oxygen atoms in total. The third-order valence-electron chi connectivity index (χ3n) is 5.12. The van der Waals surface area contributed by atoms with Crippen molar-refractivity contribution in [3.05, 3.63) is 40.2 Å². The van der Waals surface area contributed by atoms with Crippen LogP contribution in [0.15, 0.2) is 33.5 Å². The molecule has 1 amide bonds. The van der Waals surface area contributed by atoms with Crippen molar-refractivity contribution in [3.8, 4) is 5.75 Å². The van der Waals surface area contributed by atoms with Gasteiger partial charge >= 0.3 is 11.6 Å². The molecule has 1 fully saturated rings. The van der Waals surface area contributed by atoms with Crippen molar-refractivity contribution in [2.24, 2.45) is 0 Å². The first-order valence-corrected chi connectivity index (χ1v) is 9.49. The van der Waals surface area contributed by atoms with Crippen LogP contribution in [-0.2, 0) is 14.3 Å². The van der Waals surface area contributed by atoms with Gasteiger partial charge in [-0.2, -0.15) is 0 Å². The normalized spacial score (nSPS) is 19.5. The first-order valence-electron chi connectivity index (χ1n) is 9.49. The molecular weight excluding hydrogens is 362 g/mol. The molecule has 2 heterocycles. The lowest BCUT2D eigenvalue weighted by molar-refractivity contribution is -0.156. The third kappa shape index (κ3) is 4.52. The zero-order chi connectivity index (χ0) is 20.3. The number of ether oxygens (including phenoxy) is 2. The summed E-state index contributed by atoms with van der Waals surface area (Å²) in [7, 11) is 0. The Hall–Kier alpha value is -2.83. The van der Waals surface area contributed by atoms with Crippen molar-refractivity contribution in [3.63, 3.8) is 0 Å². The van der Waals surface area contributed by atoms with Crippen LogP contribution in [0.4, 0.5) is 0 Å². The number of nitrogens with zero attached hydrogens (tertiary/aromatic N) is 1. The summed E-state index contributed by atoms with van der Waals surface area (Å²) in [5.41, 5.74) is 0.747. The Kier molecular flexibility index (Phi) is 6.02. The van der Waals surface area contributed by atoms with Crippen molar-refractivity contribution in [1.29, 1.82) is 0 Å². The van der Waals surface area contributed by atoms with E-state index < -0.39 is 11.6 Å². The van der Waals surface area contributed by atoms with Crippen molar-refractivity contribution >= 4 is 22.8 Å². The van der Waals surface area contributed by atoms with E-state index in [0.717, 1.165) is 30.2 Å². The molecule has 1 saturated heterocycles. The minimum Gasteiger partial charge on any atom is -0.482 e. The van der Waals surface area contributed by atoms with Crippen LogP contribution in [0.3, 0.4) is 0 Å². The Labute approximate surface area is 163 Å². The first kappa shape index (κ1) is 19.9. The molecule has 1 aromatic carbocycles. The van der Waals surface area contributed by atoms with Crippen LogP contribution in [-0.4, -0.2) is 42.1 Å². The predicted octanol–water partition coefficient (Wildman–Crippen LogP) is 2.81. The van der Waals surface area contributed by atoms with E-state index in [1.165, 1.54) is 6.07 Å². The van der Waals surface area contributed by atoms with E-state index in [-0.39, 0.29) is 31.2 Å². The van der Waals surface area contributed by atoms with E-state index in [1.807, 2.05) is 20.8 Å². The lowest BCUT2D eigenvalue weighted by Crippen LogP contribution is -2.49. The maximum absolute atomic E-state index is 12.4. The SMILES string of the molecule is Cc1cc(=O)oc2cc(OCC(=O)OCC(=O)N3[C@@H](C)CCC[C@@H]3C)ccc12. The molecule has 0 radical (unpaired) electrons. The standard InChI is InChI=1S/C21H25NO6/c1-13-9-20(24)28-18-10-16(7-8-17(13)18)26-12-21(25)27-11-19(23)22-14(2)5-4-6-15(22)3/h7-10,14-15H,4-6,11-12H2,1-3H3/t14-,15-/m0/s1. The van der Waals surface area contributed by atoms with Crippen LogP contribution in [0.5, 0.6) is 5.75 Å². The number of hydrogen-bond donors (Lipinski definition) is 0. The number of piperidine rings is 1. The van der Waals surface area contributed by atoms with Gasteiger partial charge in [-0.05, 0) is 57.7 Å². The third-order valence-corrected chi connectivity index (χ3v) is 5.12. The number of carbonyl (C=O) groups excluding carboxylic acids is 2. The van der Waals surface area contributed by atoms with Crippen LogP contribution in [0, 0.1) is 6.92 Å². The summed E-state index contributed by atoms with van der Waals surface area (Å²) in [4.78, 5) is 37.6. The first-order chi connectivity index (χ1) is 13.3. The molecule has 0 N–H and O–H groups in total. The number of rotatable bonds is 5. The molecule has 1 aliphatic heterocycles. The zero-order valence-electron chi connectivity index (χ0n) is 16.4. The van der Waals surface area contributed by atoms with Gasteiger partial charge < -0.3 is 18.8 Å². The molecule has 3 rings (SSSR count). The fourth-order valence-corrected chi connectivity index (χ4v) is 3.71. The van der Waals surface area contributed by atoms with Gasteiger partial charge in [0.25, 0.3) is 5.91 Å². The van der Waals surface area contributed by atoms with Gasteiger partial charge in [0.05, 0.1) is 0 Å². The minimum absolute atomic E-state index is 0.155. The van der Waals surface area contributed by atoms with E-state index in [0.29, 0.717) is 11.3 Å². The van der Waals surface area contributed by atoms with Gasteiger partial charge in [0.2, 0.25) is 0 Å². The molecule has 2 atom stereocenters. The summed E-state index contributed by atoms with van der Waals surface area (Å²) in [6.45, 7) is 5.22. The van der Waals surface area contributed by atoms with Crippen LogP contribution >= 0.6 is 0 Å². The summed E-state index contributed by atoms with van der Waals surface area (Å²) < 4.78 is 15.6. The number of carbonyl (C=O) groups is 2. The number of hydrogen-bond acceptors (Lipinski definition) is 6. The van der Waals surface area contributed by atoms with Gasteiger partial charge in [0.15, 0.2) is 13.2 Å². The van der Waals surface area contributed by atoms with E-state index >= 15 is 0 Å². The highest BCUT2D eigenvalue weighted by molar-refractivity contribution is 5.82. The summed E-state index contributed by atoms with van der Waals surface area (Å²) in [5.74, 6) is -0.435. The van der Waals surface area contributed by atoms with Gasteiger partial charge in [-0.25, -0.2) is 9.59 Å². The zero-order valence-corrected chi connectivity index (χ0v) is 16.4. The van der Waals surface area contributed by atoms with E-state index in [2.05, 4.69) is 0 Å². The Balaban J connectivity index is 1.53. The van der Waals surface area contributed by atoms with Crippen LogP contribution in [0.2, 0.25) is 0 Å². The number of aryl methyl sites for hydroxylation is 1. The maximum Gasteiger partial charge on any atom is 0.344 e. The molecule has 0 saturated carbocycles. The largest absolute Gasteiger partial charge is 0.482 e. The van der Waals surface area contributed by atoms with Gasteiger partial charge in [-0.15, -0.1) is 0 Å². The Bertz CT molecular complexity index is 924. The molecule has 1 aliphatic rings. The number of likely N-dealkylation sites (tertiary alicyclic amines) is 1. The Morgan fingerprint density at radius 1 is 1.14 bits per heavy atom. The van der Waals surface area contributed by atoms with Crippen LogP contribution in [0.1, 0.15) is 38.7 Å². The Morgan fingerprint density at radius 3 is 2.57 bits per heavy atom. The fraction of sp³-hybridized carbons (Fsp3) is 0.476. The second kappa shape index (κ2) is 8.46. The molecule has 0 bridgehead atoms. The van der Waals surface area contributed by atoms with Crippen molar-refractivity contribution < 1.29 is 23.5 Å². The smallest absolute Gasteiger partial charge is 0.344 e. The fourth-order valence-electron chi connectivity index (χ4n) is 3.71. The summed E-state index contributed by atoms with van der Waals surface area (Å²) in [6.07, 6.45) is 3.03. The molecule has 2 aromatic rings. The van der Waals surface area contributed by atoms with Crippen LogP contribution < -0.4 is 10.4 Å². The highest BCUT2D eigenvalue weighted by Crippen LogP contribution is 2.23. The number of benzene rings is 1. The number of esters is 1. The van der Waals surface area contributed by atoms with E-state index in [1.54, 1.807) is 23.1 Å². The van der Waals surface area contributed by atoms with Gasteiger partial charge in [0, 0.05) is 29.6 Å². The monoisotopic (exact) mass is 387 g/mol. The Morgan fingerprint density at radius 2 is 1.86 bits per heavy atom. The van der Waals surface area contributed by atoms with Gasteiger partial charge in [0.1, 0.15) is 11.3 Å². The van der Waals surface area contributed by atoms with E-state index in [4.69, 9.17) is 13.9 Å². The van der Waals surface area contributed by atoms with Crippen molar-refractivity contribution in [2.45, 2.75) is 52.1 Å². The molecule has 7 heteroatoms. The highest BCUT2D eigenvalue weighted by atomic mass is 16.6.